The van der Waals surface area contributed by atoms with Crippen molar-refractivity contribution < 1.29 is 9.26 Å². The van der Waals surface area contributed by atoms with Crippen LogP contribution in [0.15, 0.2) is 59.1 Å². The van der Waals surface area contributed by atoms with E-state index in [2.05, 4.69) is 27.6 Å². The van der Waals surface area contributed by atoms with Crippen LogP contribution in [0.1, 0.15) is 17.9 Å². The molecule has 2 heterocycles. The van der Waals surface area contributed by atoms with Gasteiger partial charge in [-0.25, -0.2) is 0 Å². The van der Waals surface area contributed by atoms with Gasteiger partial charge in [-0.05, 0) is 55.3 Å². The molecular weight excluding hydrogens is 314 g/mol. The van der Waals surface area contributed by atoms with Crippen LogP contribution in [0.5, 0.6) is 5.75 Å². The molecule has 1 aromatic heterocycles. The van der Waals surface area contributed by atoms with Crippen LogP contribution in [0.25, 0.3) is 11.4 Å². The minimum absolute atomic E-state index is 0.558. The number of rotatable bonds is 6. The fourth-order valence-electron chi connectivity index (χ4n) is 3.03. The van der Waals surface area contributed by atoms with Crippen LogP contribution < -0.4 is 10.1 Å². The lowest BCUT2D eigenvalue weighted by molar-refractivity contribution is 0.306. The zero-order chi connectivity index (χ0) is 16.9. The van der Waals surface area contributed by atoms with Crippen LogP contribution in [0.2, 0.25) is 0 Å². The van der Waals surface area contributed by atoms with E-state index >= 15 is 0 Å². The molecule has 1 saturated heterocycles. The lowest BCUT2D eigenvalue weighted by Gasteiger charge is -2.06. The molecule has 1 aliphatic rings. The van der Waals surface area contributed by atoms with E-state index in [0.717, 1.165) is 36.4 Å². The summed E-state index contributed by atoms with van der Waals surface area (Å²) < 4.78 is 11.2. The van der Waals surface area contributed by atoms with Gasteiger partial charge < -0.3 is 14.6 Å². The Balaban J connectivity index is 1.37. The number of hydrogen-bond donors (Lipinski definition) is 1. The van der Waals surface area contributed by atoms with Crippen LogP contribution in [-0.4, -0.2) is 23.2 Å². The van der Waals surface area contributed by atoms with Gasteiger partial charge in [0, 0.05) is 12.0 Å². The predicted molar refractivity (Wildman–Crippen MR) is 95.2 cm³/mol. The zero-order valence-electron chi connectivity index (χ0n) is 14.0. The van der Waals surface area contributed by atoms with Crippen LogP contribution >= 0.6 is 0 Å². The van der Waals surface area contributed by atoms with Crippen molar-refractivity contribution in [2.75, 3.05) is 13.1 Å². The third kappa shape index (κ3) is 4.06. The van der Waals surface area contributed by atoms with Gasteiger partial charge in [-0.2, -0.15) is 4.98 Å². The minimum Gasteiger partial charge on any atom is -0.489 e. The molecule has 0 aliphatic carbocycles. The van der Waals surface area contributed by atoms with Gasteiger partial charge in [0.25, 0.3) is 0 Å². The van der Waals surface area contributed by atoms with Gasteiger partial charge in [-0.15, -0.1) is 0 Å². The smallest absolute Gasteiger partial charge is 0.227 e. The molecule has 1 aliphatic heterocycles. The highest BCUT2D eigenvalue weighted by molar-refractivity contribution is 5.55. The van der Waals surface area contributed by atoms with E-state index in [1.54, 1.807) is 0 Å². The van der Waals surface area contributed by atoms with Crippen molar-refractivity contribution in [1.82, 2.24) is 15.5 Å². The highest BCUT2D eigenvalue weighted by atomic mass is 16.5. The summed E-state index contributed by atoms with van der Waals surface area (Å²) >= 11 is 0. The molecule has 3 aromatic rings. The van der Waals surface area contributed by atoms with Gasteiger partial charge in [-0.3, -0.25) is 0 Å². The van der Waals surface area contributed by atoms with E-state index < -0.39 is 0 Å². The van der Waals surface area contributed by atoms with Crippen molar-refractivity contribution in [3.63, 3.8) is 0 Å². The summed E-state index contributed by atoms with van der Waals surface area (Å²) in [6, 6.07) is 17.9. The first-order valence-electron chi connectivity index (χ1n) is 8.67. The standard InChI is InChI=1S/C20H21N3O2/c1-2-4-15(5-3-1)14-24-18-8-6-17(7-9-18)20-22-19(25-23-20)12-16-10-11-21-13-16/h1-9,16,21H,10-14H2. The summed E-state index contributed by atoms with van der Waals surface area (Å²) in [6.07, 6.45) is 2.02. The molecule has 0 saturated carbocycles. The number of benzene rings is 2. The molecule has 5 heteroatoms. The predicted octanol–water partition coefficient (Wildman–Crippen LogP) is 3.47. The Hall–Kier alpha value is -2.66. The van der Waals surface area contributed by atoms with E-state index in [1.165, 1.54) is 6.42 Å². The second-order valence-corrected chi connectivity index (χ2v) is 6.37. The van der Waals surface area contributed by atoms with Gasteiger partial charge in [0.05, 0.1) is 0 Å². The van der Waals surface area contributed by atoms with Crippen molar-refractivity contribution in [3.05, 3.63) is 66.1 Å². The molecule has 4 rings (SSSR count). The molecule has 2 aromatic carbocycles. The Morgan fingerprint density at radius 3 is 2.68 bits per heavy atom. The molecule has 0 bridgehead atoms. The third-order valence-electron chi connectivity index (χ3n) is 4.45. The number of nitrogens with one attached hydrogen (secondary N) is 1. The molecule has 25 heavy (non-hydrogen) atoms. The van der Waals surface area contributed by atoms with E-state index in [4.69, 9.17) is 9.26 Å². The first-order chi connectivity index (χ1) is 12.4. The fraction of sp³-hybridized carbons (Fsp3) is 0.300. The summed E-state index contributed by atoms with van der Waals surface area (Å²) in [5.74, 6) is 2.78. The molecule has 128 valence electrons. The number of hydrogen-bond acceptors (Lipinski definition) is 5. The van der Waals surface area contributed by atoms with Gasteiger partial charge in [0.1, 0.15) is 12.4 Å². The Labute approximate surface area is 147 Å². The van der Waals surface area contributed by atoms with E-state index in [-0.39, 0.29) is 0 Å². The maximum Gasteiger partial charge on any atom is 0.227 e. The van der Waals surface area contributed by atoms with Crippen LogP contribution in [-0.2, 0) is 13.0 Å². The van der Waals surface area contributed by atoms with E-state index in [9.17, 15) is 0 Å². The largest absolute Gasteiger partial charge is 0.489 e. The Bertz CT molecular complexity index is 793. The molecule has 1 atom stereocenters. The van der Waals surface area contributed by atoms with Crippen LogP contribution in [0.3, 0.4) is 0 Å². The maximum absolute atomic E-state index is 5.81. The lowest BCUT2D eigenvalue weighted by atomic mass is 10.1. The van der Waals surface area contributed by atoms with Crippen molar-refractivity contribution in [1.29, 1.82) is 0 Å². The second-order valence-electron chi connectivity index (χ2n) is 6.37. The Morgan fingerprint density at radius 2 is 1.92 bits per heavy atom. The quantitative estimate of drug-likeness (QED) is 0.747. The van der Waals surface area contributed by atoms with Crippen molar-refractivity contribution in [2.45, 2.75) is 19.4 Å². The van der Waals surface area contributed by atoms with E-state index in [1.807, 2.05) is 42.5 Å². The molecular formula is C20H21N3O2. The molecule has 0 spiro atoms. The monoisotopic (exact) mass is 335 g/mol. The van der Waals surface area contributed by atoms with Crippen LogP contribution in [0.4, 0.5) is 0 Å². The van der Waals surface area contributed by atoms with Crippen molar-refractivity contribution in [2.24, 2.45) is 5.92 Å². The summed E-state index contributed by atoms with van der Waals surface area (Å²) in [7, 11) is 0. The normalized spacial score (nSPS) is 16.9. The third-order valence-corrected chi connectivity index (χ3v) is 4.45. The Kier molecular flexibility index (Phi) is 4.74. The van der Waals surface area contributed by atoms with Gasteiger partial charge >= 0.3 is 0 Å². The Morgan fingerprint density at radius 1 is 1.08 bits per heavy atom. The topological polar surface area (TPSA) is 60.2 Å². The summed E-state index contributed by atoms with van der Waals surface area (Å²) in [5.41, 5.74) is 2.09. The number of nitrogens with zero attached hydrogens (tertiary/aromatic N) is 2. The highest BCUT2D eigenvalue weighted by Gasteiger charge is 2.18. The zero-order valence-corrected chi connectivity index (χ0v) is 14.0. The number of ether oxygens (including phenoxy) is 1. The SMILES string of the molecule is c1ccc(COc2ccc(-c3noc(CC4CCNC4)n3)cc2)cc1. The first-order valence-corrected chi connectivity index (χ1v) is 8.67. The number of aromatic nitrogens is 2. The van der Waals surface area contributed by atoms with Crippen LogP contribution in [0, 0.1) is 5.92 Å². The maximum atomic E-state index is 5.81. The average Bonchev–Trinajstić information content (AvgIpc) is 3.34. The highest BCUT2D eigenvalue weighted by Crippen LogP contribution is 2.22. The van der Waals surface area contributed by atoms with Gasteiger partial charge in [-0.1, -0.05) is 35.5 Å². The summed E-state index contributed by atoms with van der Waals surface area (Å²) in [5, 5.41) is 7.46. The van der Waals surface area contributed by atoms with Crippen molar-refractivity contribution in [3.8, 4) is 17.1 Å². The molecule has 0 radical (unpaired) electrons. The minimum atomic E-state index is 0.558. The summed E-state index contributed by atoms with van der Waals surface area (Å²) in [6.45, 7) is 2.67. The molecule has 0 amide bonds. The molecule has 1 unspecified atom stereocenters. The lowest BCUT2D eigenvalue weighted by Crippen LogP contribution is -2.10. The average molecular weight is 335 g/mol. The van der Waals surface area contributed by atoms with Crippen molar-refractivity contribution >= 4 is 0 Å². The van der Waals surface area contributed by atoms with Gasteiger partial charge in [0.2, 0.25) is 11.7 Å². The molecule has 5 nitrogen and oxygen atoms in total. The summed E-state index contributed by atoms with van der Waals surface area (Å²) in [4.78, 5) is 4.52. The first kappa shape index (κ1) is 15.8. The molecule has 1 N–H and O–H groups in total. The molecule has 1 fully saturated rings. The second kappa shape index (κ2) is 7.49. The fourth-order valence-corrected chi connectivity index (χ4v) is 3.03. The van der Waals surface area contributed by atoms with E-state index in [0.29, 0.717) is 24.2 Å². The van der Waals surface area contributed by atoms with Gasteiger partial charge in [0.15, 0.2) is 0 Å².